The van der Waals surface area contributed by atoms with Crippen LogP contribution < -0.4 is 5.73 Å². The van der Waals surface area contributed by atoms with Crippen molar-refractivity contribution in [3.63, 3.8) is 0 Å². The molecule has 0 spiro atoms. The number of carbonyl (C=O) groups excluding carboxylic acids is 3. The van der Waals surface area contributed by atoms with E-state index in [9.17, 15) is 14.4 Å². The molecular formula is C21H16ClN3O3S. The number of hydrogen-bond acceptors (Lipinski definition) is 4. The van der Waals surface area contributed by atoms with Gasteiger partial charge in [0.1, 0.15) is 6.54 Å². The average Bonchev–Trinajstić information content (AvgIpc) is 3.16. The summed E-state index contributed by atoms with van der Waals surface area (Å²) in [4.78, 5) is 38.1. The largest absolute Gasteiger partial charge is 0.368 e. The highest BCUT2D eigenvalue weighted by molar-refractivity contribution is 8.18. The van der Waals surface area contributed by atoms with E-state index in [2.05, 4.69) is 0 Å². The topological polar surface area (TPSA) is 85.4 Å². The van der Waals surface area contributed by atoms with Crippen molar-refractivity contribution in [2.24, 2.45) is 5.73 Å². The molecule has 3 amide bonds. The van der Waals surface area contributed by atoms with E-state index in [4.69, 9.17) is 17.3 Å². The number of hydrogen-bond donors (Lipinski definition) is 1. The second-order valence-corrected chi connectivity index (χ2v) is 8.02. The van der Waals surface area contributed by atoms with Gasteiger partial charge < -0.3 is 10.3 Å². The average molecular weight is 426 g/mol. The van der Waals surface area contributed by atoms with Gasteiger partial charge >= 0.3 is 0 Å². The summed E-state index contributed by atoms with van der Waals surface area (Å²) in [5.74, 6) is -0.803. The van der Waals surface area contributed by atoms with Crippen molar-refractivity contribution in [2.75, 3.05) is 0 Å². The minimum absolute atomic E-state index is 0.0341. The second-order valence-electron chi connectivity index (χ2n) is 6.59. The first-order valence-corrected chi connectivity index (χ1v) is 9.98. The highest BCUT2D eigenvalue weighted by Crippen LogP contribution is 2.35. The number of rotatable bonds is 5. The van der Waals surface area contributed by atoms with Crippen molar-refractivity contribution >= 4 is 57.4 Å². The van der Waals surface area contributed by atoms with E-state index in [1.54, 1.807) is 41.1 Å². The number of primary amides is 1. The Hall–Kier alpha value is -3.03. The number of carbonyl (C=O) groups is 3. The Labute approximate surface area is 175 Å². The van der Waals surface area contributed by atoms with Gasteiger partial charge in [0.2, 0.25) is 5.91 Å². The van der Waals surface area contributed by atoms with E-state index < -0.39 is 5.91 Å². The standard InChI is InChI=1S/C21H16ClN3O3S/c22-15-7-5-13(6-8-15)10-25-20(27)18(29-21(25)28)9-14-11-24(12-19(23)26)17-4-2-1-3-16(14)17/h1-9,11H,10,12H2,(H2,23,26)/b18-9-. The fraction of sp³-hybridized carbons (Fsp3) is 0.0952. The predicted octanol–water partition coefficient (Wildman–Crippen LogP) is 4.02. The van der Waals surface area contributed by atoms with Crippen molar-refractivity contribution in [1.29, 1.82) is 0 Å². The first kappa shape index (κ1) is 19.3. The van der Waals surface area contributed by atoms with E-state index in [0.29, 0.717) is 9.93 Å². The molecule has 29 heavy (non-hydrogen) atoms. The van der Waals surface area contributed by atoms with Gasteiger partial charge in [0.15, 0.2) is 0 Å². The van der Waals surface area contributed by atoms with Crippen LogP contribution in [0.3, 0.4) is 0 Å². The quantitative estimate of drug-likeness (QED) is 0.625. The molecule has 2 aromatic carbocycles. The maximum absolute atomic E-state index is 12.8. The van der Waals surface area contributed by atoms with E-state index in [1.807, 2.05) is 24.3 Å². The zero-order valence-electron chi connectivity index (χ0n) is 15.2. The zero-order chi connectivity index (χ0) is 20.5. The number of fused-ring (bicyclic) bond motifs is 1. The fourth-order valence-electron chi connectivity index (χ4n) is 3.24. The number of thioether (sulfide) groups is 1. The van der Waals surface area contributed by atoms with Gasteiger partial charge in [-0.3, -0.25) is 19.3 Å². The molecule has 2 N–H and O–H groups in total. The summed E-state index contributed by atoms with van der Waals surface area (Å²) in [6.07, 6.45) is 3.45. The molecule has 0 bridgehead atoms. The van der Waals surface area contributed by atoms with Crippen molar-refractivity contribution in [3.05, 3.63) is 75.8 Å². The van der Waals surface area contributed by atoms with Crippen molar-refractivity contribution in [3.8, 4) is 0 Å². The monoisotopic (exact) mass is 425 g/mol. The van der Waals surface area contributed by atoms with Crippen LogP contribution in [0.4, 0.5) is 4.79 Å². The summed E-state index contributed by atoms with van der Waals surface area (Å²) in [5.41, 5.74) is 7.73. The second kappa shape index (κ2) is 7.77. The van der Waals surface area contributed by atoms with Crippen molar-refractivity contribution in [1.82, 2.24) is 9.47 Å². The SMILES string of the molecule is NC(=O)Cn1cc(/C=C2\SC(=O)N(Cc3ccc(Cl)cc3)C2=O)c2ccccc21. The van der Waals surface area contributed by atoms with Crippen molar-refractivity contribution < 1.29 is 14.4 Å². The van der Waals surface area contributed by atoms with Gasteiger partial charge in [-0.2, -0.15) is 0 Å². The maximum atomic E-state index is 12.8. The highest BCUT2D eigenvalue weighted by atomic mass is 35.5. The minimum atomic E-state index is -0.458. The van der Waals surface area contributed by atoms with Gasteiger partial charge in [-0.05, 0) is 41.6 Å². The van der Waals surface area contributed by atoms with Crippen LogP contribution >= 0.6 is 23.4 Å². The minimum Gasteiger partial charge on any atom is -0.368 e. The van der Waals surface area contributed by atoms with Gasteiger partial charge in [0.25, 0.3) is 11.1 Å². The summed E-state index contributed by atoms with van der Waals surface area (Å²) in [6.45, 7) is 0.217. The Kier molecular flexibility index (Phi) is 5.17. The molecule has 0 saturated carbocycles. The molecular weight excluding hydrogens is 410 g/mol. The van der Waals surface area contributed by atoms with E-state index in [0.717, 1.165) is 33.8 Å². The number of imide groups is 1. The first-order valence-electron chi connectivity index (χ1n) is 8.78. The number of nitrogens with zero attached hydrogens (tertiary/aromatic N) is 2. The Morgan fingerprint density at radius 1 is 1.10 bits per heavy atom. The third-order valence-corrected chi connectivity index (χ3v) is 5.72. The van der Waals surface area contributed by atoms with Crippen LogP contribution in [0.1, 0.15) is 11.1 Å². The van der Waals surface area contributed by atoms with E-state index >= 15 is 0 Å². The Morgan fingerprint density at radius 3 is 2.55 bits per heavy atom. The predicted molar refractivity (Wildman–Crippen MR) is 114 cm³/mol. The number of halogens is 1. The van der Waals surface area contributed by atoms with Gasteiger partial charge in [0.05, 0.1) is 11.4 Å². The molecule has 3 aromatic rings. The molecule has 4 rings (SSSR count). The molecule has 146 valence electrons. The Morgan fingerprint density at radius 2 is 1.83 bits per heavy atom. The van der Waals surface area contributed by atoms with Crippen molar-refractivity contribution in [2.45, 2.75) is 13.1 Å². The van der Waals surface area contributed by atoms with Crippen LogP contribution in [0.5, 0.6) is 0 Å². The van der Waals surface area contributed by atoms with Crippen LogP contribution in [0.15, 0.2) is 59.6 Å². The zero-order valence-corrected chi connectivity index (χ0v) is 16.7. The number of nitrogens with two attached hydrogens (primary N) is 1. The highest BCUT2D eigenvalue weighted by Gasteiger charge is 2.35. The van der Waals surface area contributed by atoms with Crippen LogP contribution in [-0.2, 0) is 22.7 Å². The third kappa shape index (κ3) is 3.92. The third-order valence-electron chi connectivity index (χ3n) is 4.56. The van der Waals surface area contributed by atoms with Gasteiger partial charge in [-0.15, -0.1) is 0 Å². The van der Waals surface area contributed by atoms with Crippen LogP contribution in [-0.4, -0.2) is 26.5 Å². The maximum Gasteiger partial charge on any atom is 0.293 e. The Balaban J connectivity index is 1.65. The normalized spacial score (nSPS) is 15.6. The lowest BCUT2D eigenvalue weighted by atomic mass is 10.1. The molecule has 2 heterocycles. The summed E-state index contributed by atoms with van der Waals surface area (Å²) in [6, 6.07) is 14.5. The Bertz CT molecular complexity index is 1170. The number of para-hydroxylation sites is 1. The van der Waals surface area contributed by atoms with E-state index in [-0.39, 0.29) is 24.2 Å². The summed E-state index contributed by atoms with van der Waals surface area (Å²) < 4.78 is 1.74. The van der Waals surface area contributed by atoms with Crippen LogP contribution in [0, 0.1) is 0 Å². The molecule has 1 aromatic heterocycles. The smallest absolute Gasteiger partial charge is 0.293 e. The van der Waals surface area contributed by atoms with Crippen LogP contribution in [0.2, 0.25) is 5.02 Å². The molecule has 1 aliphatic rings. The lowest BCUT2D eigenvalue weighted by Gasteiger charge is -2.12. The number of aromatic nitrogens is 1. The summed E-state index contributed by atoms with van der Waals surface area (Å²) in [5, 5.41) is 1.14. The fourth-order valence-corrected chi connectivity index (χ4v) is 4.19. The molecule has 6 nitrogen and oxygen atoms in total. The van der Waals surface area contributed by atoms with Crippen LogP contribution in [0.25, 0.3) is 17.0 Å². The number of amides is 3. The lowest BCUT2D eigenvalue weighted by Crippen LogP contribution is -2.27. The molecule has 0 atom stereocenters. The first-order chi connectivity index (χ1) is 13.9. The molecule has 0 unspecified atom stereocenters. The summed E-state index contributed by atoms with van der Waals surface area (Å²) in [7, 11) is 0. The molecule has 1 aliphatic heterocycles. The van der Waals surface area contributed by atoms with E-state index in [1.165, 1.54) is 4.90 Å². The summed E-state index contributed by atoms with van der Waals surface area (Å²) >= 11 is 6.79. The molecule has 1 fully saturated rings. The van der Waals surface area contributed by atoms with Gasteiger partial charge in [0, 0.05) is 27.7 Å². The van der Waals surface area contributed by atoms with Gasteiger partial charge in [-0.25, -0.2) is 0 Å². The molecule has 0 aliphatic carbocycles. The van der Waals surface area contributed by atoms with Gasteiger partial charge in [-0.1, -0.05) is 41.9 Å². The molecule has 1 saturated heterocycles. The molecule has 8 heteroatoms. The molecule has 0 radical (unpaired) electrons. The number of benzene rings is 2. The lowest BCUT2D eigenvalue weighted by molar-refractivity contribution is -0.123.